The molecule has 0 aromatic heterocycles. The van der Waals surface area contributed by atoms with Crippen LogP contribution in [0.4, 0.5) is 17.1 Å². The molecule has 0 spiro atoms. The lowest BCUT2D eigenvalue weighted by molar-refractivity contribution is 0.319. The number of anilines is 3. The number of benzene rings is 2. The first-order chi connectivity index (χ1) is 8.79. The van der Waals surface area contributed by atoms with Crippen LogP contribution in [0.25, 0.3) is 0 Å². The van der Waals surface area contributed by atoms with Crippen molar-refractivity contribution in [3.8, 4) is 5.75 Å². The molecule has 0 aliphatic rings. The van der Waals surface area contributed by atoms with Crippen LogP contribution >= 0.6 is 0 Å². The minimum absolute atomic E-state index is 0.669. The van der Waals surface area contributed by atoms with E-state index in [0.717, 1.165) is 23.5 Å². The van der Waals surface area contributed by atoms with Crippen molar-refractivity contribution in [2.24, 2.45) is 0 Å². The van der Waals surface area contributed by atoms with Gasteiger partial charge >= 0.3 is 0 Å². The van der Waals surface area contributed by atoms with Gasteiger partial charge in [0.25, 0.3) is 0 Å². The molecular formula is C15H18N2O. The summed E-state index contributed by atoms with van der Waals surface area (Å²) in [6.45, 7) is 2.75. The minimum atomic E-state index is 0.669. The molecule has 94 valence electrons. The standard InChI is InChI=1S/C15H18N2O/c1-2-10-18-15-11-13(8-9-14(15)16)17-12-6-4-3-5-7-12/h3-9,11,17H,2,10,16H2,1H3. The Morgan fingerprint density at radius 1 is 1.06 bits per heavy atom. The number of rotatable bonds is 5. The van der Waals surface area contributed by atoms with Crippen LogP contribution in [-0.2, 0) is 0 Å². The fraction of sp³-hybridized carbons (Fsp3) is 0.200. The number of nitrogens with one attached hydrogen (secondary N) is 1. The van der Waals surface area contributed by atoms with E-state index in [9.17, 15) is 0 Å². The van der Waals surface area contributed by atoms with Crippen LogP contribution < -0.4 is 15.8 Å². The Morgan fingerprint density at radius 2 is 1.83 bits per heavy atom. The number of hydrogen-bond acceptors (Lipinski definition) is 3. The lowest BCUT2D eigenvalue weighted by Crippen LogP contribution is -2.00. The van der Waals surface area contributed by atoms with Crippen molar-refractivity contribution in [3.05, 3.63) is 48.5 Å². The SMILES string of the molecule is CCCOc1cc(Nc2ccccc2)ccc1N. The molecule has 0 unspecified atom stereocenters. The van der Waals surface area contributed by atoms with Gasteiger partial charge in [-0.15, -0.1) is 0 Å². The van der Waals surface area contributed by atoms with Crippen LogP contribution in [0.3, 0.4) is 0 Å². The zero-order valence-corrected chi connectivity index (χ0v) is 10.5. The molecule has 3 heteroatoms. The molecule has 0 fully saturated rings. The molecule has 0 aliphatic heterocycles. The van der Waals surface area contributed by atoms with Crippen LogP contribution in [0.15, 0.2) is 48.5 Å². The normalized spacial score (nSPS) is 10.1. The molecule has 0 bridgehead atoms. The summed E-state index contributed by atoms with van der Waals surface area (Å²) in [6.07, 6.45) is 0.968. The summed E-state index contributed by atoms with van der Waals surface area (Å²) >= 11 is 0. The largest absolute Gasteiger partial charge is 0.491 e. The highest BCUT2D eigenvalue weighted by atomic mass is 16.5. The highest BCUT2D eigenvalue weighted by Crippen LogP contribution is 2.27. The smallest absolute Gasteiger partial charge is 0.144 e. The first-order valence-corrected chi connectivity index (χ1v) is 6.14. The van der Waals surface area contributed by atoms with Gasteiger partial charge in [0.05, 0.1) is 12.3 Å². The molecule has 0 atom stereocenters. The molecule has 2 aromatic carbocycles. The molecule has 2 rings (SSSR count). The van der Waals surface area contributed by atoms with Crippen molar-refractivity contribution < 1.29 is 4.74 Å². The maximum atomic E-state index is 5.87. The van der Waals surface area contributed by atoms with Gasteiger partial charge in [-0.1, -0.05) is 25.1 Å². The van der Waals surface area contributed by atoms with Gasteiger partial charge in [-0.05, 0) is 30.7 Å². The van der Waals surface area contributed by atoms with E-state index in [1.165, 1.54) is 0 Å². The molecule has 0 saturated heterocycles. The van der Waals surface area contributed by atoms with E-state index in [1.807, 2.05) is 48.5 Å². The zero-order chi connectivity index (χ0) is 12.8. The second-order valence-electron chi connectivity index (χ2n) is 4.09. The van der Waals surface area contributed by atoms with Gasteiger partial charge in [-0.25, -0.2) is 0 Å². The van der Waals surface area contributed by atoms with Crippen molar-refractivity contribution >= 4 is 17.1 Å². The Bertz CT molecular complexity index is 497. The Morgan fingerprint density at radius 3 is 2.56 bits per heavy atom. The van der Waals surface area contributed by atoms with Gasteiger partial charge in [0.15, 0.2) is 0 Å². The second kappa shape index (κ2) is 5.96. The highest BCUT2D eigenvalue weighted by Gasteiger charge is 2.02. The molecular weight excluding hydrogens is 224 g/mol. The van der Waals surface area contributed by atoms with Crippen LogP contribution in [0.2, 0.25) is 0 Å². The maximum absolute atomic E-state index is 5.87. The van der Waals surface area contributed by atoms with E-state index >= 15 is 0 Å². The lowest BCUT2D eigenvalue weighted by Gasteiger charge is -2.11. The molecule has 3 nitrogen and oxygen atoms in total. The Balaban J connectivity index is 2.14. The average Bonchev–Trinajstić information content (AvgIpc) is 2.40. The van der Waals surface area contributed by atoms with Crippen LogP contribution in [0.1, 0.15) is 13.3 Å². The van der Waals surface area contributed by atoms with Gasteiger partial charge in [0.1, 0.15) is 5.75 Å². The first kappa shape index (κ1) is 12.3. The molecule has 3 N–H and O–H groups in total. The van der Waals surface area contributed by atoms with Crippen molar-refractivity contribution in [1.29, 1.82) is 0 Å². The lowest BCUT2D eigenvalue weighted by atomic mass is 10.2. The van der Waals surface area contributed by atoms with Gasteiger partial charge in [0, 0.05) is 17.4 Å². The monoisotopic (exact) mass is 242 g/mol. The number of ether oxygens (including phenoxy) is 1. The van der Waals surface area contributed by atoms with Gasteiger partial charge < -0.3 is 15.8 Å². The first-order valence-electron chi connectivity index (χ1n) is 6.14. The fourth-order valence-electron chi connectivity index (χ4n) is 1.64. The van der Waals surface area contributed by atoms with E-state index in [4.69, 9.17) is 10.5 Å². The number of hydrogen-bond donors (Lipinski definition) is 2. The van der Waals surface area contributed by atoms with Crippen molar-refractivity contribution in [2.45, 2.75) is 13.3 Å². The van der Waals surface area contributed by atoms with Crippen molar-refractivity contribution in [3.63, 3.8) is 0 Å². The van der Waals surface area contributed by atoms with E-state index in [1.54, 1.807) is 0 Å². The Kier molecular flexibility index (Phi) is 4.07. The average molecular weight is 242 g/mol. The van der Waals surface area contributed by atoms with Crippen LogP contribution in [-0.4, -0.2) is 6.61 Å². The third kappa shape index (κ3) is 3.17. The number of nitrogens with two attached hydrogens (primary N) is 1. The van der Waals surface area contributed by atoms with Crippen molar-refractivity contribution in [1.82, 2.24) is 0 Å². The summed E-state index contributed by atoms with van der Waals surface area (Å²) in [5.41, 5.74) is 8.56. The van der Waals surface area contributed by atoms with E-state index in [2.05, 4.69) is 12.2 Å². The number of nitrogen functional groups attached to an aromatic ring is 1. The summed E-state index contributed by atoms with van der Waals surface area (Å²) in [6, 6.07) is 15.7. The highest BCUT2D eigenvalue weighted by molar-refractivity contribution is 5.66. The predicted octanol–water partition coefficient (Wildman–Crippen LogP) is 3.80. The predicted molar refractivity (Wildman–Crippen MR) is 76.4 cm³/mol. The molecule has 0 aliphatic carbocycles. The summed E-state index contributed by atoms with van der Waals surface area (Å²) in [4.78, 5) is 0. The summed E-state index contributed by atoms with van der Waals surface area (Å²) in [7, 11) is 0. The van der Waals surface area contributed by atoms with Crippen molar-refractivity contribution in [2.75, 3.05) is 17.7 Å². The van der Waals surface area contributed by atoms with Crippen LogP contribution in [0, 0.1) is 0 Å². The Labute approximate surface area is 108 Å². The molecule has 0 heterocycles. The molecule has 18 heavy (non-hydrogen) atoms. The van der Waals surface area contributed by atoms with E-state index in [-0.39, 0.29) is 0 Å². The molecule has 2 aromatic rings. The zero-order valence-electron chi connectivity index (χ0n) is 10.5. The molecule has 0 radical (unpaired) electrons. The van der Waals surface area contributed by atoms with E-state index < -0.39 is 0 Å². The summed E-state index contributed by atoms with van der Waals surface area (Å²) in [5, 5.41) is 3.31. The second-order valence-corrected chi connectivity index (χ2v) is 4.09. The maximum Gasteiger partial charge on any atom is 0.144 e. The van der Waals surface area contributed by atoms with E-state index in [0.29, 0.717) is 12.3 Å². The quantitative estimate of drug-likeness (QED) is 0.784. The van der Waals surface area contributed by atoms with Gasteiger partial charge in [-0.3, -0.25) is 0 Å². The topological polar surface area (TPSA) is 47.3 Å². The minimum Gasteiger partial charge on any atom is -0.491 e. The third-order valence-electron chi connectivity index (χ3n) is 2.54. The van der Waals surface area contributed by atoms with Gasteiger partial charge in [0.2, 0.25) is 0 Å². The van der Waals surface area contributed by atoms with Gasteiger partial charge in [-0.2, -0.15) is 0 Å². The summed E-state index contributed by atoms with van der Waals surface area (Å²) < 4.78 is 5.60. The summed E-state index contributed by atoms with van der Waals surface area (Å²) in [5.74, 6) is 0.734. The number of para-hydroxylation sites is 1. The fourth-order valence-corrected chi connectivity index (χ4v) is 1.64. The Hall–Kier alpha value is -2.16. The van der Waals surface area contributed by atoms with Crippen LogP contribution in [0.5, 0.6) is 5.75 Å². The third-order valence-corrected chi connectivity index (χ3v) is 2.54. The molecule has 0 saturated carbocycles. The molecule has 0 amide bonds.